The van der Waals surface area contributed by atoms with Gasteiger partial charge in [-0.15, -0.1) is 0 Å². The predicted molar refractivity (Wildman–Crippen MR) is 30.0 cm³/mol. The van der Waals surface area contributed by atoms with Crippen LogP contribution in [-0.2, 0) is 0 Å². The molecule has 0 bridgehead atoms. The van der Waals surface area contributed by atoms with E-state index in [1.165, 1.54) is 6.08 Å². The number of hydrogen-bond acceptors (Lipinski definition) is 0. The average molecular weight is 120 g/mol. The maximum atomic E-state index is 11.3. The van der Waals surface area contributed by atoms with Gasteiger partial charge in [-0.25, -0.2) is 8.78 Å². The maximum Gasteiger partial charge on any atom is 0.257 e. The van der Waals surface area contributed by atoms with Gasteiger partial charge >= 0.3 is 0 Å². The topological polar surface area (TPSA) is 0 Å². The van der Waals surface area contributed by atoms with Gasteiger partial charge in [0.2, 0.25) is 0 Å². The fourth-order valence-corrected chi connectivity index (χ4v) is 0.306. The van der Waals surface area contributed by atoms with E-state index >= 15 is 0 Å². The number of alkyl halides is 2. The quantitative estimate of drug-likeness (QED) is 0.491. The average Bonchev–Trinajstić information content (AvgIpc) is 1.61. The van der Waals surface area contributed by atoms with Gasteiger partial charge in [0, 0.05) is 0 Å². The second kappa shape index (κ2) is 3.58. The Balaban J connectivity index is 3.34. The third kappa shape index (κ3) is 5.60. The summed E-state index contributed by atoms with van der Waals surface area (Å²) in [5.41, 5.74) is 0. The lowest BCUT2D eigenvalue weighted by atomic mass is 10.2. The van der Waals surface area contributed by atoms with Crippen molar-refractivity contribution in [2.45, 2.75) is 20.3 Å². The second-order valence-electron chi connectivity index (χ2n) is 1.96. The van der Waals surface area contributed by atoms with E-state index < -0.39 is 6.43 Å². The summed E-state index contributed by atoms with van der Waals surface area (Å²) in [5.74, 6) is 0.226. The molecule has 0 atom stereocenters. The maximum absolute atomic E-state index is 11.3. The standard InChI is InChI=1S/C6H10F2/c1-5(2)3-4-6(7)8/h3-6H,1-2H3/b4-3-. The highest BCUT2D eigenvalue weighted by atomic mass is 19.3. The molecule has 0 aromatic rings. The molecule has 0 rings (SSSR count). The zero-order valence-corrected chi connectivity index (χ0v) is 5.07. The summed E-state index contributed by atoms with van der Waals surface area (Å²) in [7, 11) is 0. The molecular weight excluding hydrogens is 110 g/mol. The van der Waals surface area contributed by atoms with Crippen molar-refractivity contribution >= 4 is 0 Å². The summed E-state index contributed by atoms with van der Waals surface area (Å²) in [4.78, 5) is 0. The first kappa shape index (κ1) is 7.60. The highest BCUT2D eigenvalue weighted by molar-refractivity contribution is 4.86. The van der Waals surface area contributed by atoms with E-state index in [-0.39, 0.29) is 5.92 Å². The van der Waals surface area contributed by atoms with Crippen LogP contribution in [0.4, 0.5) is 8.78 Å². The molecule has 0 aliphatic carbocycles. The van der Waals surface area contributed by atoms with E-state index in [2.05, 4.69) is 0 Å². The van der Waals surface area contributed by atoms with Crippen LogP contribution >= 0.6 is 0 Å². The molecule has 8 heavy (non-hydrogen) atoms. The van der Waals surface area contributed by atoms with Crippen molar-refractivity contribution in [2.24, 2.45) is 5.92 Å². The summed E-state index contributed by atoms with van der Waals surface area (Å²) in [6.45, 7) is 3.72. The van der Waals surface area contributed by atoms with Crippen LogP contribution in [0.5, 0.6) is 0 Å². The van der Waals surface area contributed by atoms with Crippen LogP contribution in [-0.4, -0.2) is 6.43 Å². The van der Waals surface area contributed by atoms with Gasteiger partial charge in [0.05, 0.1) is 0 Å². The van der Waals surface area contributed by atoms with E-state index in [1.54, 1.807) is 0 Å². The predicted octanol–water partition coefficient (Wildman–Crippen LogP) is 2.46. The molecule has 0 saturated carbocycles. The second-order valence-corrected chi connectivity index (χ2v) is 1.96. The molecule has 48 valence electrons. The Morgan fingerprint density at radius 2 is 1.62 bits per heavy atom. The molecule has 0 spiro atoms. The molecule has 0 aliphatic heterocycles. The van der Waals surface area contributed by atoms with Crippen molar-refractivity contribution in [1.82, 2.24) is 0 Å². The minimum Gasteiger partial charge on any atom is -0.206 e. The van der Waals surface area contributed by atoms with Crippen LogP contribution in [0.25, 0.3) is 0 Å². The van der Waals surface area contributed by atoms with Gasteiger partial charge in [-0.1, -0.05) is 19.9 Å². The first-order valence-electron chi connectivity index (χ1n) is 2.59. The molecule has 0 unspecified atom stereocenters. The van der Waals surface area contributed by atoms with Crippen molar-refractivity contribution in [1.29, 1.82) is 0 Å². The zero-order valence-electron chi connectivity index (χ0n) is 5.07. The van der Waals surface area contributed by atoms with Gasteiger partial charge < -0.3 is 0 Å². The molecule has 0 N–H and O–H groups in total. The fraction of sp³-hybridized carbons (Fsp3) is 0.667. The smallest absolute Gasteiger partial charge is 0.206 e. The van der Waals surface area contributed by atoms with Gasteiger partial charge in [-0.05, 0) is 12.0 Å². The Labute approximate surface area is 48.2 Å². The monoisotopic (exact) mass is 120 g/mol. The van der Waals surface area contributed by atoms with Gasteiger partial charge in [-0.3, -0.25) is 0 Å². The van der Waals surface area contributed by atoms with Crippen LogP contribution in [0.2, 0.25) is 0 Å². The molecule has 0 amide bonds. The van der Waals surface area contributed by atoms with Crippen molar-refractivity contribution in [3.8, 4) is 0 Å². The largest absolute Gasteiger partial charge is 0.257 e. The Morgan fingerprint density at radius 3 is 1.75 bits per heavy atom. The molecule has 2 heteroatoms. The van der Waals surface area contributed by atoms with Crippen LogP contribution < -0.4 is 0 Å². The summed E-state index contributed by atoms with van der Waals surface area (Å²) < 4.78 is 22.6. The number of rotatable bonds is 2. The summed E-state index contributed by atoms with van der Waals surface area (Å²) >= 11 is 0. The lowest BCUT2D eigenvalue weighted by Gasteiger charge is -1.91. The normalized spacial score (nSPS) is 12.2. The Hall–Kier alpha value is -0.400. The highest BCUT2D eigenvalue weighted by Crippen LogP contribution is 1.98. The third-order valence-corrected chi connectivity index (χ3v) is 0.641. The van der Waals surface area contributed by atoms with Crippen molar-refractivity contribution in [3.63, 3.8) is 0 Å². The minimum atomic E-state index is -2.29. The van der Waals surface area contributed by atoms with Crippen molar-refractivity contribution in [2.75, 3.05) is 0 Å². The van der Waals surface area contributed by atoms with Crippen molar-refractivity contribution < 1.29 is 8.78 Å². The zero-order chi connectivity index (χ0) is 6.57. The molecule has 0 nitrogen and oxygen atoms in total. The van der Waals surface area contributed by atoms with Crippen LogP contribution in [0.3, 0.4) is 0 Å². The SMILES string of the molecule is CC(C)/C=C\C(F)F. The Bertz CT molecular complexity index is 64.6. The van der Waals surface area contributed by atoms with Crippen molar-refractivity contribution in [3.05, 3.63) is 12.2 Å². The van der Waals surface area contributed by atoms with Crippen LogP contribution in [0.15, 0.2) is 12.2 Å². The lowest BCUT2D eigenvalue weighted by Crippen LogP contribution is -1.83. The van der Waals surface area contributed by atoms with E-state index in [4.69, 9.17) is 0 Å². The molecule has 0 radical (unpaired) electrons. The first-order chi connectivity index (χ1) is 3.63. The molecule has 0 aromatic heterocycles. The lowest BCUT2D eigenvalue weighted by molar-refractivity contribution is 0.203. The van der Waals surface area contributed by atoms with E-state index in [1.807, 2.05) is 13.8 Å². The summed E-state index contributed by atoms with van der Waals surface area (Å²) in [6, 6.07) is 0. The Kier molecular flexibility index (Phi) is 3.40. The number of allylic oxidation sites excluding steroid dienone is 2. The molecule has 0 aliphatic rings. The Morgan fingerprint density at radius 1 is 1.12 bits per heavy atom. The van der Waals surface area contributed by atoms with Gasteiger partial charge in [0.25, 0.3) is 6.43 Å². The molecule has 0 aromatic carbocycles. The minimum absolute atomic E-state index is 0.226. The van der Waals surface area contributed by atoms with Crippen LogP contribution in [0.1, 0.15) is 13.8 Å². The van der Waals surface area contributed by atoms with Gasteiger partial charge in [0.1, 0.15) is 0 Å². The molecule has 0 heterocycles. The third-order valence-electron chi connectivity index (χ3n) is 0.641. The summed E-state index contributed by atoms with van der Waals surface area (Å²) in [5, 5.41) is 0. The van der Waals surface area contributed by atoms with Gasteiger partial charge in [-0.2, -0.15) is 0 Å². The number of halogens is 2. The van der Waals surface area contributed by atoms with Gasteiger partial charge in [0.15, 0.2) is 0 Å². The molecule has 0 saturated heterocycles. The van der Waals surface area contributed by atoms with E-state index in [0.717, 1.165) is 6.08 Å². The van der Waals surface area contributed by atoms with Crippen LogP contribution in [0, 0.1) is 5.92 Å². The first-order valence-corrected chi connectivity index (χ1v) is 2.59. The molecular formula is C6H10F2. The molecule has 0 fully saturated rings. The summed E-state index contributed by atoms with van der Waals surface area (Å²) in [6.07, 6.45) is 0.104. The fourth-order valence-electron chi connectivity index (χ4n) is 0.306. The van der Waals surface area contributed by atoms with E-state index in [0.29, 0.717) is 0 Å². The number of hydrogen-bond donors (Lipinski definition) is 0. The van der Waals surface area contributed by atoms with E-state index in [9.17, 15) is 8.78 Å². The highest BCUT2D eigenvalue weighted by Gasteiger charge is 1.92.